The van der Waals surface area contributed by atoms with Crippen molar-refractivity contribution in [3.63, 3.8) is 0 Å². The van der Waals surface area contributed by atoms with Gasteiger partial charge in [-0.1, -0.05) is 38.1 Å². The van der Waals surface area contributed by atoms with E-state index in [4.69, 9.17) is 0 Å². The first-order valence-corrected chi connectivity index (χ1v) is 13.0. The van der Waals surface area contributed by atoms with Crippen LogP contribution in [-0.2, 0) is 26.4 Å². The Balaban J connectivity index is 1.55. The highest BCUT2D eigenvalue weighted by Crippen LogP contribution is 2.44. The smallest absolute Gasteiger partial charge is 0.273 e. The van der Waals surface area contributed by atoms with Crippen molar-refractivity contribution < 1.29 is 4.79 Å². The summed E-state index contributed by atoms with van der Waals surface area (Å²) in [5.74, 6) is 0.493. The minimum absolute atomic E-state index is 0.0225. The lowest BCUT2D eigenvalue weighted by molar-refractivity contribution is 0.0679. The van der Waals surface area contributed by atoms with Crippen molar-refractivity contribution in [1.29, 1.82) is 0 Å². The lowest BCUT2D eigenvalue weighted by atomic mass is 9.94. The van der Waals surface area contributed by atoms with Crippen molar-refractivity contribution in [2.24, 2.45) is 7.05 Å². The second kappa shape index (κ2) is 8.27. The number of rotatable bonds is 3. The second-order valence-electron chi connectivity index (χ2n) is 9.79. The van der Waals surface area contributed by atoms with Crippen LogP contribution in [-0.4, -0.2) is 25.2 Å². The van der Waals surface area contributed by atoms with E-state index in [0.717, 1.165) is 24.1 Å². The third-order valence-corrected chi connectivity index (χ3v) is 8.73. The maximum Gasteiger partial charge on any atom is 0.273 e. The zero-order chi connectivity index (χ0) is 23.4. The molecule has 6 heteroatoms. The summed E-state index contributed by atoms with van der Waals surface area (Å²) in [6.07, 6.45) is 8.62. The van der Waals surface area contributed by atoms with Crippen LogP contribution >= 0.6 is 11.3 Å². The van der Waals surface area contributed by atoms with Gasteiger partial charge in [0.15, 0.2) is 0 Å². The molecule has 0 N–H and O–H groups in total. The third kappa shape index (κ3) is 3.35. The minimum Gasteiger partial charge on any atom is -0.320 e. The number of nitrogens with zero attached hydrogens (tertiary/aromatic N) is 4. The lowest BCUT2D eigenvalue weighted by Crippen LogP contribution is -2.36. The first kappa shape index (κ1) is 21.4. The molecular weight excluding hydrogens is 440 g/mol. The summed E-state index contributed by atoms with van der Waals surface area (Å²) in [5.41, 5.74) is 7.02. The summed E-state index contributed by atoms with van der Waals surface area (Å²) in [6.45, 7) is 5.04. The number of benzene rings is 1. The molecule has 1 unspecified atom stereocenters. The topological polar surface area (TPSA) is 43.1 Å². The van der Waals surface area contributed by atoms with Crippen molar-refractivity contribution in [2.75, 3.05) is 0 Å². The van der Waals surface area contributed by atoms with Gasteiger partial charge in [-0.3, -0.25) is 9.48 Å². The Morgan fingerprint density at radius 2 is 1.85 bits per heavy atom. The van der Waals surface area contributed by atoms with E-state index >= 15 is 0 Å². The van der Waals surface area contributed by atoms with Crippen molar-refractivity contribution in [2.45, 2.75) is 58.0 Å². The van der Waals surface area contributed by atoms with Gasteiger partial charge < -0.3 is 9.47 Å². The standard InChI is InChI=1S/C28H30N4OS/c1-18(2)19-10-12-20(13-11-19)26-23-8-6-16-31(23)28-22(21-7-4-5-9-25(21)34-28)17-32(26)27(33)24-14-15-29-30(24)3/h6,8,10-16,18,26H,4-5,7,9,17H2,1-3H3. The fourth-order valence-corrected chi connectivity index (χ4v) is 6.94. The maximum absolute atomic E-state index is 14.1. The van der Waals surface area contributed by atoms with Gasteiger partial charge in [-0.15, -0.1) is 11.3 Å². The molecule has 0 radical (unpaired) electrons. The number of hydrogen-bond acceptors (Lipinski definition) is 3. The highest BCUT2D eigenvalue weighted by molar-refractivity contribution is 7.15. The molecule has 1 aliphatic carbocycles. The number of carbonyl (C=O) groups is 1. The van der Waals surface area contributed by atoms with Gasteiger partial charge in [0.2, 0.25) is 0 Å². The molecule has 5 nitrogen and oxygen atoms in total. The van der Waals surface area contributed by atoms with Gasteiger partial charge >= 0.3 is 0 Å². The highest BCUT2D eigenvalue weighted by Gasteiger charge is 2.37. The molecule has 4 aromatic rings. The molecule has 1 aromatic carbocycles. The molecule has 1 atom stereocenters. The van der Waals surface area contributed by atoms with Gasteiger partial charge in [-0.25, -0.2) is 0 Å². The van der Waals surface area contributed by atoms with E-state index in [-0.39, 0.29) is 11.9 Å². The summed E-state index contributed by atoms with van der Waals surface area (Å²) in [5, 5.41) is 5.58. The van der Waals surface area contributed by atoms with Crippen LogP contribution in [0, 0.1) is 0 Å². The van der Waals surface area contributed by atoms with E-state index in [9.17, 15) is 4.79 Å². The van der Waals surface area contributed by atoms with E-state index < -0.39 is 0 Å². The number of amides is 1. The number of aryl methyl sites for hydroxylation is 2. The van der Waals surface area contributed by atoms with Crippen LogP contribution in [0.1, 0.15) is 82.0 Å². The Hall–Kier alpha value is -3.12. The molecule has 2 aliphatic rings. The number of hydrogen-bond donors (Lipinski definition) is 0. The summed E-state index contributed by atoms with van der Waals surface area (Å²) < 4.78 is 4.03. The van der Waals surface area contributed by atoms with Gasteiger partial charge in [0.25, 0.3) is 5.91 Å². The van der Waals surface area contributed by atoms with Crippen molar-refractivity contribution in [3.8, 4) is 5.00 Å². The lowest BCUT2D eigenvalue weighted by Gasteiger charge is -2.31. The monoisotopic (exact) mass is 470 g/mol. The Bertz CT molecular complexity index is 1360. The van der Waals surface area contributed by atoms with Crippen LogP contribution < -0.4 is 0 Å². The van der Waals surface area contributed by atoms with E-state index in [1.165, 1.54) is 39.4 Å². The Morgan fingerprint density at radius 3 is 2.59 bits per heavy atom. The normalized spacial score (nSPS) is 17.3. The van der Waals surface area contributed by atoms with E-state index in [1.807, 2.05) is 24.5 Å². The van der Waals surface area contributed by atoms with Crippen LogP contribution in [0.5, 0.6) is 0 Å². The maximum atomic E-state index is 14.1. The van der Waals surface area contributed by atoms with Crippen LogP contribution in [0.4, 0.5) is 0 Å². The van der Waals surface area contributed by atoms with E-state index in [1.54, 1.807) is 10.9 Å². The zero-order valence-corrected chi connectivity index (χ0v) is 20.8. The van der Waals surface area contributed by atoms with Gasteiger partial charge in [-0.05, 0) is 66.5 Å². The molecule has 3 aromatic heterocycles. The first-order valence-electron chi connectivity index (χ1n) is 12.2. The molecule has 0 fully saturated rings. The molecule has 174 valence electrons. The molecule has 0 spiro atoms. The summed E-state index contributed by atoms with van der Waals surface area (Å²) in [6, 6.07) is 14.8. The van der Waals surface area contributed by atoms with Crippen LogP contribution in [0.2, 0.25) is 0 Å². The summed E-state index contributed by atoms with van der Waals surface area (Å²) in [7, 11) is 1.85. The predicted molar refractivity (Wildman–Crippen MR) is 136 cm³/mol. The SMILES string of the molecule is CC(C)c1ccc(C2c3cccn3-c3sc4c(c3CN2C(=O)c2ccnn2C)CCCC4)cc1. The number of fused-ring (bicyclic) bond motifs is 5. The van der Waals surface area contributed by atoms with Gasteiger partial charge in [-0.2, -0.15) is 5.10 Å². The Kier molecular flexibility index (Phi) is 5.21. The van der Waals surface area contributed by atoms with Crippen LogP contribution in [0.25, 0.3) is 5.00 Å². The molecule has 6 rings (SSSR count). The molecule has 1 aliphatic heterocycles. The van der Waals surface area contributed by atoms with Crippen molar-refractivity contribution in [3.05, 3.63) is 93.4 Å². The van der Waals surface area contributed by atoms with E-state index in [2.05, 4.69) is 71.0 Å². The van der Waals surface area contributed by atoms with Crippen molar-refractivity contribution >= 4 is 17.2 Å². The molecule has 1 amide bonds. The largest absolute Gasteiger partial charge is 0.320 e. The zero-order valence-electron chi connectivity index (χ0n) is 20.0. The van der Waals surface area contributed by atoms with Gasteiger partial charge in [0.05, 0.1) is 18.3 Å². The first-order chi connectivity index (χ1) is 16.5. The number of aromatic nitrogens is 3. The second-order valence-corrected chi connectivity index (χ2v) is 10.9. The van der Waals surface area contributed by atoms with Gasteiger partial charge in [0.1, 0.15) is 10.7 Å². The molecule has 0 bridgehead atoms. The van der Waals surface area contributed by atoms with E-state index in [0.29, 0.717) is 18.2 Å². The molecule has 4 heterocycles. The Labute approximate surface area is 204 Å². The van der Waals surface area contributed by atoms with Crippen LogP contribution in [0.3, 0.4) is 0 Å². The average molecular weight is 471 g/mol. The van der Waals surface area contributed by atoms with Crippen LogP contribution in [0.15, 0.2) is 54.9 Å². The summed E-state index contributed by atoms with van der Waals surface area (Å²) >= 11 is 1.92. The van der Waals surface area contributed by atoms with Crippen molar-refractivity contribution in [1.82, 2.24) is 19.2 Å². The fraction of sp³-hybridized carbons (Fsp3) is 0.357. The molecular formula is C28H30N4OS. The predicted octanol–water partition coefficient (Wildman–Crippen LogP) is 6.02. The highest BCUT2D eigenvalue weighted by atomic mass is 32.1. The third-order valence-electron chi connectivity index (χ3n) is 7.40. The fourth-order valence-electron chi connectivity index (χ4n) is 5.53. The summed E-state index contributed by atoms with van der Waals surface area (Å²) in [4.78, 5) is 17.7. The number of thiophene rings is 1. The van der Waals surface area contributed by atoms with Gasteiger partial charge in [0, 0.05) is 29.9 Å². The minimum atomic E-state index is -0.169. The molecule has 0 saturated heterocycles. The molecule has 34 heavy (non-hydrogen) atoms. The number of carbonyl (C=O) groups excluding carboxylic acids is 1. The average Bonchev–Trinajstić information content (AvgIpc) is 3.56. The quantitative estimate of drug-likeness (QED) is 0.367. The Morgan fingerprint density at radius 1 is 1.06 bits per heavy atom. The molecule has 0 saturated carbocycles.